The summed E-state index contributed by atoms with van der Waals surface area (Å²) in [4.78, 5) is 11.3. The second-order valence-corrected chi connectivity index (χ2v) is 4.17. The number of aliphatic hydroxyl groups excluding tert-OH is 1. The van der Waals surface area contributed by atoms with Gasteiger partial charge in [-0.05, 0) is 18.4 Å². The summed E-state index contributed by atoms with van der Waals surface area (Å²) < 4.78 is 0. The monoisotopic (exact) mass is 235 g/mol. The fourth-order valence-corrected chi connectivity index (χ4v) is 1.62. The first kappa shape index (κ1) is 13.7. The minimum Gasteiger partial charge on any atom is -0.388 e. The molecule has 17 heavy (non-hydrogen) atoms. The van der Waals surface area contributed by atoms with E-state index >= 15 is 0 Å². The summed E-state index contributed by atoms with van der Waals surface area (Å²) >= 11 is 0. The number of hydrogen-bond acceptors (Lipinski definition) is 2. The Morgan fingerprint density at radius 1 is 1.35 bits per heavy atom. The molecule has 0 spiro atoms. The van der Waals surface area contributed by atoms with E-state index in [9.17, 15) is 9.90 Å². The van der Waals surface area contributed by atoms with Crippen LogP contribution in [0.4, 0.5) is 0 Å². The maximum Gasteiger partial charge on any atom is 0.219 e. The van der Waals surface area contributed by atoms with Crippen LogP contribution in [-0.2, 0) is 4.79 Å². The molecule has 0 aliphatic carbocycles. The van der Waals surface area contributed by atoms with Gasteiger partial charge in [0.05, 0.1) is 6.10 Å². The van der Waals surface area contributed by atoms with Crippen molar-refractivity contribution < 1.29 is 9.90 Å². The Bertz CT molecular complexity index is 324. The van der Waals surface area contributed by atoms with Gasteiger partial charge < -0.3 is 10.4 Å². The van der Waals surface area contributed by atoms with Crippen LogP contribution >= 0.6 is 0 Å². The highest BCUT2D eigenvalue weighted by molar-refractivity contribution is 5.75. The zero-order chi connectivity index (χ0) is 12.5. The van der Waals surface area contributed by atoms with Gasteiger partial charge in [-0.1, -0.05) is 43.7 Å². The molecule has 0 bridgehead atoms. The predicted octanol–water partition coefficient (Wildman–Crippen LogP) is 2.42. The smallest absolute Gasteiger partial charge is 0.219 e. The van der Waals surface area contributed by atoms with E-state index in [4.69, 9.17) is 0 Å². The van der Waals surface area contributed by atoms with Crippen LogP contribution in [0, 0.1) is 0 Å². The van der Waals surface area contributed by atoms with Gasteiger partial charge in [-0.15, -0.1) is 0 Å². The molecule has 1 unspecified atom stereocenters. The van der Waals surface area contributed by atoms with Gasteiger partial charge in [0, 0.05) is 13.0 Å². The Hall–Kier alpha value is -1.35. The summed E-state index contributed by atoms with van der Waals surface area (Å²) in [5.41, 5.74) is 0.898. The highest BCUT2D eigenvalue weighted by Crippen LogP contribution is 2.14. The molecular formula is C14H21NO2. The quantitative estimate of drug-likeness (QED) is 0.762. The Balaban J connectivity index is 2.20. The molecule has 0 aromatic heterocycles. The van der Waals surface area contributed by atoms with E-state index in [0.717, 1.165) is 18.4 Å². The maximum absolute atomic E-state index is 11.3. The number of carbonyl (C=O) groups excluding carboxylic acids is 1. The summed E-state index contributed by atoms with van der Waals surface area (Å²) in [5.74, 6) is 0.0760. The van der Waals surface area contributed by atoms with E-state index in [1.54, 1.807) is 0 Å². The number of nitrogens with one attached hydrogen (secondary N) is 1. The van der Waals surface area contributed by atoms with Crippen molar-refractivity contribution in [2.45, 2.75) is 38.7 Å². The van der Waals surface area contributed by atoms with E-state index in [0.29, 0.717) is 19.4 Å². The topological polar surface area (TPSA) is 49.3 Å². The molecule has 94 valence electrons. The predicted molar refractivity (Wildman–Crippen MR) is 68.6 cm³/mol. The molecule has 1 atom stereocenters. The zero-order valence-electron chi connectivity index (χ0n) is 10.4. The van der Waals surface area contributed by atoms with Gasteiger partial charge in [-0.3, -0.25) is 4.79 Å². The minimum atomic E-state index is -0.498. The third-order valence-corrected chi connectivity index (χ3v) is 2.68. The SMILES string of the molecule is CCCCC(=O)NCCC(O)c1ccccc1. The molecule has 0 saturated carbocycles. The van der Waals surface area contributed by atoms with Crippen LogP contribution in [0.5, 0.6) is 0 Å². The fourth-order valence-electron chi connectivity index (χ4n) is 1.62. The van der Waals surface area contributed by atoms with E-state index in [1.807, 2.05) is 30.3 Å². The first-order valence-electron chi connectivity index (χ1n) is 6.23. The molecule has 0 radical (unpaired) electrons. The van der Waals surface area contributed by atoms with Crippen molar-refractivity contribution in [1.29, 1.82) is 0 Å². The van der Waals surface area contributed by atoms with Crippen LogP contribution in [0.3, 0.4) is 0 Å². The van der Waals surface area contributed by atoms with Crippen molar-refractivity contribution in [2.24, 2.45) is 0 Å². The molecule has 1 aromatic carbocycles. The van der Waals surface area contributed by atoms with Gasteiger partial charge in [0.25, 0.3) is 0 Å². The highest BCUT2D eigenvalue weighted by Gasteiger charge is 2.07. The standard InChI is InChI=1S/C14H21NO2/c1-2-3-9-14(17)15-11-10-13(16)12-7-5-4-6-8-12/h4-8,13,16H,2-3,9-11H2,1H3,(H,15,17). The van der Waals surface area contributed by atoms with Gasteiger partial charge in [-0.25, -0.2) is 0 Å². The Kier molecular flexibility index (Phi) is 6.33. The molecule has 3 heteroatoms. The molecular weight excluding hydrogens is 214 g/mol. The lowest BCUT2D eigenvalue weighted by atomic mass is 10.1. The second kappa shape index (κ2) is 7.85. The second-order valence-electron chi connectivity index (χ2n) is 4.17. The Morgan fingerprint density at radius 3 is 2.71 bits per heavy atom. The summed E-state index contributed by atoms with van der Waals surface area (Å²) in [6.45, 7) is 2.59. The van der Waals surface area contributed by atoms with Gasteiger partial charge in [0.1, 0.15) is 0 Å². The van der Waals surface area contributed by atoms with Crippen LogP contribution in [0.1, 0.15) is 44.3 Å². The van der Waals surface area contributed by atoms with E-state index in [1.165, 1.54) is 0 Å². The lowest BCUT2D eigenvalue weighted by Gasteiger charge is -2.11. The van der Waals surface area contributed by atoms with Gasteiger partial charge in [-0.2, -0.15) is 0 Å². The number of rotatable bonds is 7. The molecule has 1 rings (SSSR count). The molecule has 3 nitrogen and oxygen atoms in total. The van der Waals surface area contributed by atoms with Gasteiger partial charge >= 0.3 is 0 Å². The van der Waals surface area contributed by atoms with Crippen molar-refractivity contribution in [2.75, 3.05) is 6.54 Å². The van der Waals surface area contributed by atoms with Gasteiger partial charge in [0.2, 0.25) is 5.91 Å². The number of hydrogen-bond donors (Lipinski definition) is 2. The normalized spacial score (nSPS) is 12.1. The Morgan fingerprint density at radius 2 is 2.06 bits per heavy atom. The van der Waals surface area contributed by atoms with Crippen LogP contribution < -0.4 is 5.32 Å². The van der Waals surface area contributed by atoms with E-state index in [-0.39, 0.29) is 5.91 Å². The number of unbranched alkanes of at least 4 members (excludes halogenated alkanes) is 1. The van der Waals surface area contributed by atoms with E-state index < -0.39 is 6.10 Å². The zero-order valence-corrected chi connectivity index (χ0v) is 10.4. The van der Waals surface area contributed by atoms with Crippen molar-refractivity contribution in [3.63, 3.8) is 0 Å². The van der Waals surface area contributed by atoms with Crippen molar-refractivity contribution in [3.8, 4) is 0 Å². The molecule has 0 fully saturated rings. The first-order chi connectivity index (χ1) is 8.24. The molecule has 1 amide bonds. The first-order valence-corrected chi connectivity index (χ1v) is 6.23. The molecule has 0 heterocycles. The van der Waals surface area contributed by atoms with Crippen LogP contribution in [0.2, 0.25) is 0 Å². The summed E-state index contributed by atoms with van der Waals surface area (Å²) in [5, 5.41) is 12.7. The average molecular weight is 235 g/mol. The van der Waals surface area contributed by atoms with Crippen LogP contribution in [0.15, 0.2) is 30.3 Å². The lowest BCUT2D eigenvalue weighted by Crippen LogP contribution is -2.25. The molecule has 0 aliphatic heterocycles. The largest absolute Gasteiger partial charge is 0.388 e. The molecule has 2 N–H and O–H groups in total. The fraction of sp³-hybridized carbons (Fsp3) is 0.500. The van der Waals surface area contributed by atoms with Crippen LogP contribution in [0.25, 0.3) is 0 Å². The average Bonchev–Trinajstić information content (AvgIpc) is 2.37. The van der Waals surface area contributed by atoms with Gasteiger partial charge in [0.15, 0.2) is 0 Å². The highest BCUT2D eigenvalue weighted by atomic mass is 16.3. The van der Waals surface area contributed by atoms with Crippen molar-refractivity contribution in [1.82, 2.24) is 5.32 Å². The Labute approximate surface area is 103 Å². The third-order valence-electron chi connectivity index (χ3n) is 2.68. The minimum absolute atomic E-state index is 0.0760. The molecule has 0 aliphatic rings. The van der Waals surface area contributed by atoms with Crippen LogP contribution in [-0.4, -0.2) is 17.6 Å². The summed E-state index contributed by atoms with van der Waals surface area (Å²) in [6, 6.07) is 9.51. The molecule has 0 saturated heterocycles. The van der Waals surface area contributed by atoms with Crippen molar-refractivity contribution >= 4 is 5.91 Å². The number of benzene rings is 1. The number of amides is 1. The molecule has 1 aromatic rings. The third kappa shape index (κ3) is 5.50. The number of carbonyl (C=O) groups is 1. The number of aliphatic hydroxyl groups is 1. The lowest BCUT2D eigenvalue weighted by molar-refractivity contribution is -0.121. The summed E-state index contributed by atoms with van der Waals surface area (Å²) in [6.07, 6.45) is 2.59. The summed E-state index contributed by atoms with van der Waals surface area (Å²) in [7, 11) is 0. The van der Waals surface area contributed by atoms with Crippen molar-refractivity contribution in [3.05, 3.63) is 35.9 Å². The van der Waals surface area contributed by atoms with E-state index in [2.05, 4.69) is 12.2 Å². The maximum atomic E-state index is 11.3.